The molecule has 0 saturated carbocycles. The van der Waals surface area contributed by atoms with Gasteiger partial charge in [0.15, 0.2) is 5.65 Å². The highest BCUT2D eigenvalue weighted by Gasteiger charge is 2.20. The number of pyridine rings is 1. The Morgan fingerprint density at radius 2 is 2.33 bits per heavy atom. The van der Waals surface area contributed by atoms with Crippen molar-refractivity contribution in [3.63, 3.8) is 0 Å². The second-order valence-electron chi connectivity index (χ2n) is 5.03. The Morgan fingerprint density at radius 1 is 1.44 bits per heavy atom. The summed E-state index contributed by atoms with van der Waals surface area (Å²) in [5, 5.41) is 7.77. The predicted octanol–water partition coefficient (Wildman–Crippen LogP) is 1.23. The standard InChI is InChI=1S/C13H19N5/c1-10-6-12-15-9-16-18(12)13(7-10)17(2)11-4-3-5-14-8-11/h6-7,9,11,14H,3-5,8H2,1-2H3. The van der Waals surface area contributed by atoms with Gasteiger partial charge in [0.05, 0.1) is 0 Å². The second-order valence-corrected chi connectivity index (χ2v) is 5.03. The Kier molecular flexibility index (Phi) is 2.91. The van der Waals surface area contributed by atoms with Crippen molar-refractivity contribution in [3.8, 4) is 0 Å². The molecule has 0 aromatic carbocycles. The van der Waals surface area contributed by atoms with Gasteiger partial charge in [-0.3, -0.25) is 0 Å². The van der Waals surface area contributed by atoms with Gasteiger partial charge in [-0.2, -0.15) is 9.61 Å². The molecular formula is C13H19N5. The first kappa shape index (κ1) is 11.5. The van der Waals surface area contributed by atoms with Crippen LogP contribution in [0, 0.1) is 6.92 Å². The number of piperidine rings is 1. The van der Waals surface area contributed by atoms with Crippen LogP contribution in [0.15, 0.2) is 18.5 Å². The molecule has 18 heavy (non-hydrogen) atoms. The number of rotatable bonds is 2. The van der Waals surface area contributed by atoms with Crippen molar-refractivity contribution in [1.29, 1.82) is 0 Å². The van der Waals surface area contributed by atoms with Crippen molar-refractivity contribution in [2.45, 2.75) is 25.8 Å². The lowest BCUT2D eigenvalue weighted by Gasteiger charge is -2.33. The first-order valence-corrected chi connectivity index (χ1v) is 6.49. The number of nitrogens with zero attached hydrogens (tertiary/aromatic N) is 4. The minimum absolute atomic E-state index is 0.535. The maximum Gasteiger partial charge on any atom is 0.157 e. The van der Waals surface area contributed by atoms with Crippen LogP contribution in [0.2, 0.25) is 0 Å². The zero-order valence-electron chi connectivity index (χ0n) is 10.9. The number of aryl methyl sites for hydroxylation is 1. The van der Waals surface area contributed by atoms with Gasteiger partial charge in [-0.1, -0.05) is 0 Å². The molecule has 5 heteroatoms. The lowest BCUT2D eigenvalue weighted by molar-refractivity contribution is 0.442. The molecular weight excluding hydrogens is 226 g/mol. The van der Waals surface area contributed by atoms with E-state index in [2.05, 4.69) is 46.4 Å². The van der Waals surface area contributed by atoms with E-state index >= 15 is 0 Å². The fourth-order valence-electron chi connectivity index (χ4n) is 2.64. The molecule has 1 fully saturated rings. The molecule has 1 unspecified atom stereocenters. The Morgan fingerprint density at radius 3 is 3.11 bits per heavy atom. The van der Waals surface area contributed by atoms with Crippen LogP contribution < -0.4 is 10.2 Å². The molecule has 1 aliphatic heterocycles. The van der Waals surface area contributed by atoms with Gasteiger partial charge in [0, 0.05) is 19.6 Å². The van der Waals surface area contributed by atoms with Crippen LogP contribution in [0.25, 0.3) is 5.65 Å². The van der Waals surface area contributed by atoms with Crippen LogP contribution in [0.4, 0.5) is 5.82 Å². The lowest BCUT2D eigenvalue weighted by atomic mass is 10.1. The third-order valence-corrected chi connectivity index (χ3v) is 3.68. The number of likely N-dealkylation sites (N-methyl/N-ethyl adjacent to an activating group) is 1. The largest absolute Gasteiger partial charge is 0.355 e. The molecule has 96 valence electrons. The summed E-state index contributed by atoms with van der Waals surface area (Å²) in [4.78, 5) is 6.60. The van der Waals surface area contributed by atoms with E-state index in [0.29, 0.717) is 6.04 Å². The molecule has 3 rings (SSSR count). The Balaban J connectivity index is 1.99. The van der Waals surface area contributed by atoms with Gasteiger partial charge < -0.3 is 10.2 Å². The molecule has 1 N–H and O–H groups in total. The minimum Gasteiger partial charge on any atom is -0.355 e. The van der Waals surface area contributed by atoms with E-state index in [9.17, 15) is 0 Å². The molecule has 2 aromatic rings. The third kappa shape index (κ3) is 1.95. The van der Waals surface area contributed by atoms with Gasteiger partial charge in [-0.25, -0.2) is 4.98 Å². The van der Waals surface area contributed by atoms with E-state index in [0.717, 1.165) is 24.6 Å². The van der Waals surface area contributed by atoms with E-state index < -0.39 is 0 Å². The molecule has 0 bridgehead atoms. The molecule has 0 radical (unpaired) electrons. The first-order valence-electron chi connectivity index (χ1n) is 6.49. The zero-order valence-corrected chi connectivity index (χ0v) is 10.9. The Bertz CT molecular complexity index is 541. The summed E-state index contributed by atoms with van der Waals surface area (Å²) in [6.07, 6.45) is 4.08. The van der Waals surface area contributed by atoms with Crippen LogP contribution >= 0.6 is 0 Å². The lowest BCUT2D eigenvalue weighted by Crippen LogP contribution is -2.44. The summed E-state index contributed by atoms with van der Waals surface area (Å²) < 4.78 is 1.92. The van der Waals surface area contributed by atoms with Crippen LogP contribution in [0.3, 0.4) is 0 Å². The zero-order chi connectivity index (χ0) is 12.5. The van der Waals surface area contributed by atoms with E-state index in [1.54, 1.807) is 6.33 Å². The van der Waals surface area contributed by atoms with E-state index in [1.165, 1.54) is 18.4 Å². The fraction of sp³-hybridized carbons (Fsp3) is 0.538. The molecule has 5 nitrogen and oxygen atoms in total. The summed E-state index contributed by atoms with van der Waals surface area (Å²) in [7, 11) is 2.15. The quantitative estimate of drug-likeness (QED) is 0.864. The van der Waals surface area contributed by atoms with Crippen molar-refractivity contribution in [2.75, 3.05) is 25.0 Å². The highest BCUT2D eigenvalue weighted by molar-refractivity contribution is 5.53. The van der Waals surface area contributed by atoms with Gasteiger partial charge in [0.1, 0.15) is 12.1 Å². The summed E-state index contributed by atoms with van der Waals surface area (Å²) in [5.74, 6) is 1.12. The molecule has 1 atom stereocenters. The first-order chi connectivity index (χ1) is 8.75. The van der Waals surface area contributed by atoms with Gasteiger partial charge in [0.2, 0.25) is 0 Å². The van der Waals surface area contributed by atoms with E-state index in [-0.39, 0.29) is 0 Å². The second kappa shape index (κ2) is 4.57. The highest BCUT2D eigenvalue weighted by atomic mass is 15.4. The van der Waals surface area contributed by atoms with Crippen molar-refractivity contribution < 1.29 is 0 Å². The minimum atomic E-state index is 0.535. The van der Waals surface area contributed by atoms with Crippen LogP contribution in [0.5, 0.6) is 0 Å². The highest BCUT2D eigenvalue weighted by Crippen LogP contribution is 2.21. The number of hydrogen-bond donors (Lipinski definition) is 1. The molecule has 0 spiro atoms. The SMILES string of the molecule is Cc1cc(N(C)C2CCCNC2)n2ncnc2c1. The molecule has 2 aromatic heterocycles. The van der Waals surface area contributed by atoms with Crippen molar-refractivity contribution >= 4 is 11.5 Å². The van der Waals surface area contributed by atoms with Crippen molar-refractivity contribution in [2.24, 2.45) is 0 Å². The number of nitrogens with one attached hydrogen (secondary N) is 1. The summed E-state index contributed by atoms with van der Waals surface area (Å²) in [5.41, 5.74) is 2.14. The third-order valence-electron chi connectivity index (χ3n) is 3.68. The maximum atomic E-state index is 4.32. The van der Waals surface area contributed by atoms with Crippen LogP contribution in [-0.4, -0.2) is 40.8 Å². The van der Waals surface area contributed by atoms with Crippen LogP contribution in [0.1, 0.15) is 18.4 Å². The number of anilines is 1. The summed E-state index contributed by atoms with van der Waals surface area (Å²) >= 11 is 0. The molecule has 0 aliphatic carbocycles. The summed E-state index contributed by atoms with van der Waals surface area (Å²) in [6, 6.07) is 4.77. The van der Waals surface area contributed by atoms with Gasteiger partial charge in [-0.05, 0) is 44.0 Å². The van der Waals surface area contributed by atoms with Gasteiger partial charge in [0.25, 0.3) is 0 Å². The number of fused-ring (bicyclic) bond motifs is 1. The molecule has 3 heterocycles. The van der Waals surface area contributed by atoms with Crippen molar-refractivity contribution in [3.05, 3.63) is 24.0 Å². The number of hydrogen-bond acceptors (Lipinski definition) is 4. The van der Waals surface area contributed by atoms with Gasteiger partial charge >= 0.3 is 0 Å². The monoisotopic (exact) mass is 245 g/mol. The Labute approximate surface area is 107 Å². The Hall–Kier alpha value is -1.62. The summed E-state index contributed by atoms with van der Waals surface area (Å²) in [6.45, 7) is 4.28. The average molecular weight is 245 g/mol. The fourth-order valence-corrected chi connectivity index (χ4v) is 2.64. The topological polar surface area (TPSA) is 45.5 Å². The maximum absolute atomic E-state index is 4.32. The molecule has 1 aliphatic rings. The molecule has 0 amide bonds. The smallest absolute Gasteiger partial charge is 0.157 e. The van der Waals surface area contributed by atoms with Crippen LogP contribution in [-0.2, 0) is 0 Å². The van der Waals surface area contributed by atoms with E-state index in [1.807, 2.05) is 4.52 Å². The average Bonchev–Trinajstić information content (AvgIpc) is 2.86. The number of aromatic nitrogens is 3. The predicted molar refractivity (Wildman–Crippen MR) is 72.0 cm³/mol. The van der Waals surface area contributed by atoms with Crippen molar-refractivity contribution in [1.82, 2.24) is 19.9 Å². The molecule has 1 saturated heterocycles. The van der Waals surface area contributed by atoms with E-state index in [4.69, 9.17) is 0 Å². The normalized spacial score (nSPS) is 20.2. The van der Waals surface area contributed by atoms with Gasteiger partial charge in [-0.15, -0.1) is 0 Å².